The van der Waals surface area contributed by atoms with Gasteiger partial charge in [0.15, 0.2) is 0 Å². The van der Waals surface area contributed by atoms with E-state index in [1.54, 1.807) is 0 Å². The Morgan fingerprint density at radius 2 is 2.43 bits per heavy atom. The summed E-state index contributed by atoms with van der Waals surface area (Å²) < 4.78 is 10.6. The summed E-state index contributed by atoms with van der Waals surface area (Å²) in [5, 5.41) is 3.86. The van der Waals surface area contributed by atoms with Gasteiger partial charge in [0.1, 0.15) is 11.5 Å². The van der Waals surface area contributed by atoms with Gasteiger partial charge in [0.05, 0.1) is 12.7 Å². The molecule has 0 aliphatic heterocycles. The highest BCUT2D eigenvalue weighted by atomic mass is 16.5. The smallest absolute Gasteiger partial charge is 0.134 e. The standard InChI is InChI=1S/C10H16N2O2/c1-7-2-9(12-14-7)6-13-10-3-8(4-10)5-11/h2,8,10H,3-6,11H2,1H3. The van der Waals surface area contributed by atoms with Gasteiger partial charge in [0.2, 0.25) is 0 Å². The molecule has 1 saturated carbocycles. The minimum atomic E-state index is 0.376. The second kappa shape index (κ2) is 4.11. The fourth-order valence-corrected chi connectivity index (χ4v) is 1.69. The first-order valence-electron chi connectivity index (χ1n) is 5.02. The number of rotatable bonds is 4. The lowest BCUT2D eigenvalue weighted by Gasteiger charge is -2.33. The number of aryl methyl sites for hydroxylation is 1. The molecule has 2 N–H and O–H groups in total. The van der Waals surface area contributed by atoms with E-state index in [-0.39, 0.29) is 0 Å². The molecule has 0 saturated heterocycles. The van der Waals surface area contributed by atoms with E-state index in [9.17, 15) is 0 Å². The van der Waals surface area contributed by atoms with Crippen molar-refractivity contribution in [1.29, 1.82) is 0 Å². The van der Waals surface area contributed by atoms with Gasteiger partial charge >= 0.3 is 0 Å². The van der Waals surface area contributed by atoms with Crippen molar-refractivity contribution in [2.24, 2.45) is 11.7 Å². The molecule has 1 aliphatic rings. The largest absolute Gasteiger partial charge is 0.372 e. The first-order chi connectivity index (χ1) is 6.78. The molecule has 14 heavy (non-hydrogen) atoms. The second-order valence-corrected chi connectivity index (χ2v) is 3.94. The van der Waals surface area contributed by atoms with Crippen molar-refractivity contribution in [1.82, 2.24) is 5.16 Å². The zero-order valence-electron chi connectivity index (χ0n) is 8.40. The summed E-state index contributed by atoms with van der Waals surface area (Å²) in [6.45, 7) is 3.21. The zero-order valence-corrected chi connectivity index (χ0v) is 8.40. The van der Waals surface area contributed by atoms with Gasteiger partial charge in [0.25, 0.3) is 0 Å². The van der Waals surface area contributed by atoms with Crippen molar-refractivity contribution < 1.29 is 9.26 Å². The van der Waals surface area contributed by atoms with Gasteiger partial charge in [-0.1, -0.05) is 5.16 Å². The fraction of sp³-hybridized carbons (Fsp3) is 0.700. The van der Waals surface area contributed by atoms with Crippen LogP contribution in [-0.2, 0) is 11.3 Å². The minimum absolute atomic E-state index is 0.376. The normalized spacial score (nSPS) is 26.1. The molecular formula is C10H16N2O2. The van der Waals surface area contributed by atoms with Crippen LogP contribution in [0.3, 0.4) is 0 Å². The zero-order chi connectivity index (χ0) is 9.97. The summed E-state index contributed by atoms with van der Waals surface area (Å²) in [7, 11) is 0. The van der Waals surface area contributed by atoms with Gasteiger partial charge in [-0.15, -0.1) is 0 Å². The van der Waals surface area contributed by atoms with Crippen LogP contribution < -0.4 is 5.73 Å². The molecule has 0 aromatic carbocycles. The van der Waals surface area contributed by atoms with Gasteiger partial charge in [-0.25, -0.2) is 0 Å². The first kappa shape index (κ1) is 9.68. The Labute approximate surface area is 83.4 Å². The molecule has 0 radical (unpaired) electrons. The molecule has 0 atom stereocenters. The monoisotopic (exact) mass is 196 g/mol. The maximum atomic E-state index is 5.63. The number of aromatic nitrogens is 1. The molecule has 0 unspecified atom stereocenters. The maximum Gasteiger partial charge on any atom is 0.134 e. The lowest BCUT2D eigenvalue weighted by Crippen LogP contribution is -2.35. The van der Waals surface area contributed by atoms with E-state index in [4.69, 9.17) is 15.0 Å². The lowest BCUT2D eigenvalue weighted by molar-refractivity contribution is -0.0394. The highest BCUT2D eigenvalue weighted by molar-refractivity contribution is 5.02. The van der Waals surface area contributed by atoms with E-state index >= 15 is 0 Å². The molecular weight excluding hydrogens is 180 g/mol. The Morgan fingerprint density at radius 1 is 1.64 bits per heavy atom. The van der Waals surface area contributed by atoms with Crippen molar-refractivity contribution >= 4 is 0 Å². The van der Waals surface area contributed by atoms with E-state index < -0.39 is 0 Å². The quantitative estimate of drug-likeness (QED) is 0.787. The van der Waals surface area contributed by atoms with Crippen LogP contribution in [0.15, 0.2) is 10.6 Å². The highest BCUT2D eigenvalue weighted by Gasteiger charge is 2.28. The first-order valence-corrected chi connectivity index (χ1v) is 5.02. The molecule has 1 fully saturated rings. The van der Waals surface area contributed by atoms with Crippen LogP contribution in [0.2, 0.25) is 0 Å². The highest BCUT2D eigenvalue weighted by Crippen LogP contribution is 2.29. The lowest BCUT2D eigenvalue weighted by atomic mass is 9.82. The molecule has 0 spiro atoms. The molecule has 0 amide bonds. The summed E-state index contributed by atoms with van der Waals surface area (Å²) in [5.74, 6) is 1.50. The Morgan fingerprint density at radius 3 is 3.00 bits per heavy atom. The average molecular weight is 196 g/mol. The molecule has 4 nitrogen and oxygen atoms in total. The fourth-order valence-electron chi connectivity index (χ4n) is 1.69. The molecule has 1 aromatic rings. The summed E-state index contributed by atoms with van der Waals surface area (Å²) in [5.41, 5.74) is 6.40. The van der Waals surface area contributed by atoms with E-state index in [0.29, 0.717) is 18.6 Å². The van der Waals surface area contributed by atoms with Crippen molar-refractivity contribution in [2.45, 2.75) is 32.5 Å². The predicted octanol–water partition coefficient (Wildman–Crippen LogP) is 1.24. The average Bonchev–Trinajstić information content (AvgIpc) is 2.49. The number of ether oxygens (including phenoxy) is 1. The Balaban J connectivity index is 1.69. The van der Waals surface area contributed by atoms with E-state index in [0.717, 1.165) is 30.8 Å². The molecule has 4 heteroatoms. The minimum Gasteiger partial charge on any atom is -0.372 e. The van der Waals surface area contributed by atoms with Crippen molar-refractivity contribution in [3.63, 3.8) is 0 Å². The molecule has 0 bridgehead atoms. The van der Waals surface area contributed by atoms with Crippen molar-refractivity contribution in [2.75, 3.05) is 6.54 Å². The van der Waals surface area contributed by atoms with Gasteiger partial charge in [0, 0.05) is 6.07 Å². The van der Waals surface area contributed by atoms with Gasteiger partial charge in [-0.05, 0) is 32.2 Å². The Kier molecular flexibility index (Phi) is 2.84. The van der Waals surface area contributed by atoms with E-state index in [1.807, 2.05) is 13.0 Å². The summed E-state index contributed by atoms with van der Waals surface area (Å²) in [6, 6.07) is 1.90. The summed E-state index contributed by atoms with van der Waals surface area (Å²) in [4.78, 5) is 0. The van der Waals surface area contributed by atoms with Gasteiger partial charge < -0.3 is 15.0 Å². The van der Waals surface area contributed by atoms with Gasteiger partial charge in [-0.2, -0.15) is 0 Å². The van der Waals surface area contributed by atoms with Crippen molar-refractivity contribution in [3.8, 4) is 0 Å². The third-order valence-electron chi connectivity index (χ3n) is 2.67. The van der Waals surface area contributed by atoms with Crippen LogP contribution in [0.25, 0.3) is 0 Å². The van der Waals surface area contributed by atoms with Crippen LogP contribution in [-0.4, -0.2) is 17.8 Å². The second-order valence-electron chi connectivity index (χ2n) is 3.94. The number of hydrogen-bond acceptors (Lipinski definition) is 4. The van der Waals surface area contributed by atoms with Crippen LogP contribution >= 0.6 is 0 Å². The molecule has 1 aliphatic carbocycles. The third-order valence-corrected chi connectivity index (χ3v) is 2.67. The van der Waals surface area contributed by atoms with E-state index in [2.05, 4.69) is 5.16 Å². The van der Waals surface area contributed by atoms with Crippen LogP contribution in [0, 0.1) is 12.8 Å². The maximum absolute atomic E-state index is 5.63. The van der Waals surface area contributed by atoms with Crippen LogP contribution in [0.4, 0.5) is 0 Å². The third kappa shape index (κ3) is 2.13. The summed E-state index contributed by atoms with van der Waals surface area (Å²) >= 11 is 0. The predicted molar refractivity (Wildman–Crippen MR) is 51.6 cm³/mol. The number of nitrogens with zero attached hydrogens (tertiary/aromatic N) is 1. The SMILES string of the molecule is Cc1cc(COC2CC(CN)C2)no1. The number of nitrogens with two attached hydrogens (primary N) is 1. The Bertz CT molecular complexity index is 292. The molecule has 78 valence electrons. The topological polar surface area (TPSA) is 61.3 Å². The molecule has 2 rings (SSSR count). The Hall–Kier alpha value is -0.870. The van der Waals surface area contributed by atoms with Gasteiger partial charge in [-0.3, -0.25) is 0 Å². The van der Waals surface area contributed by atoms with Crippen molar-refractivity contribution in [3.05, 3.63) is 17.5 Å². The van der Waals surface area contributed by atoms with Crippen LogP contribution in [0.5, 0.6) is 0 Å². The van der Waals surface area contributed by atoms with Crippen LogP contribution in [0.1, 0.15) is 24.3 Å². The summed E-state index contributed by atoms with van der Waals surface area (Å²) in [6.07, 6.45) is 2.56. The van der Waals surface area contributed by atoms with E-state index in [1.165, 1.54) is 0 Å². The molecule has 1 heterocycles. The number of hydrogen-bond donors (Lipinski definition) is 1. The molecule has 1 aromatic heterocycles.